The van der Waals surface area contributed by atoms with Gasteiger partial charge in [0.2, 0.25) is 0 Å². The topological polar surface area (TPSA) is 261 Å². The van der Waals surface area contributed by atoms with E-state index < -0.39 is 23.9 Å². The number of allylic oxidation sites excluding steroid dienone is 10. The monoisotopic (exact) mass is 1180 g/mol. The van der Waals surface area contributed by atoms with Crippen molar-refractivity contribution in [3.63, 3.8) is 0 Å². The van der Waals surface area contributed by atoms with Gasteiger partial charge in [0.15, 0.2) is 0 Å². The summed E-state index contributed by atoms with van der Waals surface area (Å²) in [6, 6.07) is 15.5. The zero-order chi connectivity index (χ0) is 60.6. The molecule has 0 saturated heterocycles. The molecule has 0 fully saturated rings. The molecule has 6 N–H and O–H groups in total. The third-order valence-corrected chi connectivity index (χ3v) is 16.3. The number of nitrogens with zero attached hydrogens (tertiary/aromatic N) is 6. The molecule has 0 atom stereocenters. The van der Waals surface area contributed by atoms with Crippen LogP contribution in [0.3, 0.4) is 0 Å². The maximum absolute atomic E-state index is 11.5. The van der Waals surface area contributed by atoms with Crippen LogP contribution in [0.25, 0.3) is 101 Å². The molecular weight excluding hydrogens is 1110 g/mol. The second kappa shape index (κ2) is 25.2. The molecule has 0 spiro atoms. The first-order chi connectivity index (χ1) is 40.0. The molecule has 6 aromatic heterocycles. The fourth-order valence-corrected chi connectivity index (χ4v) is 11.4. The minimum atomic E-state index is -0.898. The van der Waals surface area contributed by atoms with Gasteiger partial charge in [0, 0.05) is 64.5 Å². The number of nitrogens with one attached hydrogen (secondary N) is 2. The van der Waals surface area contributed by atoms with Gasteiger partial charge in [-0.1, -0.05) is 91.6 Å². The number of fused-ring (bicyclic) bond motifs is 16. The molecule has 85 heavy (non-hydrogen) atoms. The normalized spacial score (nSPS) is 12.9. The number of aromatic nitrogens is 8. The van der Waals surface area contributed by atoms with E-state index in [-0.39, 0.29) is 42.8 Å². The van der Waals surface area contributed by atoms with E-state index >= 15 is 0 Å². The van der Waals surface area contributed by atoms with Crippen LogP contribution in [-0.4, -0.2) is 74.2 Å². The van der Waals surface area contributed by atoms with Gasteiger partial charge in [-0.15, -0.1) is 22.1 Å². The van der Waals surface area contributed by atoms with Gasteiger partial charge in [-0.25, -0.2) is 19.9 Å². The minimum absolute atomic E-state index is 0. The van der Waals surface area contributed by atoms with Crippen LogP contribution in [-0.2, 0) is 49.1 Å². The molecule has 0 amide bonds. The van der Waals surface area contributed by atoms with E-state index in [0.717, 1.165) is 139 Å². The molecule has 17 heteroatoms. The smallest absolute Gasteiger partial charge is 0.657 e. The fourth-order valence-electron chi connectivity index (χ4n) is 11.4. The maximum atomic E-state index is 11.5. The van der Waals surface area contributed by atoms with Crippen LogP contribution in [0.4, 0.5) is 0 Å². The number of carbonyl (C=O) groups is 4. The second-order valence-electron chi connectivity index (χ2n) is 21.3. The third-order valence-electron chi connectivity index (χ3n) is 16.3. The first-order valence-corrected chi connectivity index (χ1v) is 27.6. The van der Waals surface area contributed by atoms with Gasteiger partial charge in [0.1, 0.15) is 0 Å². The van der Waals surface area contributed by atoms with Gasteiger partial charge < -0.3 is 40.4 Å². The number of carboxylic acids is 4. The zero-order valence-corrected chi connectivity index (χ0v) is 50.0. The Labute approximate surface area is 502 Å². The second-order valence-corrected chi connectivity index (χ2v) is 21.3. The molecule has 0 unspecified atom stereocenters. The zero-order valence-electron chi connectivity index (χ0n) is 48.9. The van der Waals surface area contributed by atoms with Crippen molar-refractivity contribution in [1.29, 1.82) is 0 Å². The van der Waals surface area contributed by atoms with E-state index in [1.165, 1.54) is 0 Å². The first kappa shape index (κ1) is 61.6. The van der Waals surface area contributed by atoms with Crippen molar-refractivity contribution in [2.45, 2.75) is 107 Å². The molecule has 10 heterocycles. The standard InChI is InChI=1S/2C34H34N4O4.Fe/c2*1-7-21-17(3)25-13-26-19(5)23(9-11-33(39)40)31(37-26)16-32-24(10-12-34(41)42)20(6)28(38-32)15-30-22(8-2)18(4)27(36-30)14-29(21)35-25;/h7-8,13-16H,1-2,9-12H2,3-6H3,(H4,35,36,37,38,39,40,41,42);7-8,13-16,36,38H,1-2,9-12H2,3-6H3,(H,39,40)(H,41,42);/q;;+2/p-2. The Balaban J connectivity index is 0.000000219. The van der Waals surface area contributed by atoms with Crippen LogP contribution in [0.2, 0.25) is 0 Å². The molecule has 6 aromatic rings. The number of aliphatic carboxylic acids is 4. The van der Waals surface area contributed by atoms with Crippen molar-refractivity contribution in [3.8, 4) is 0 Å². The van der Waals surface area contributed by atoms with Crippen LogP contribution in [0, 0.1) is 27.7 Å². The summed E-state index contributed by atoms with van der Waals surface area (Å²) in [5.74, 6) is -3.56. The summed E-state index contributed by atoms with van der Waals surface area (Å²) in [4.78, 5) is 82.7. The predicted octanol–water partition coefficient (Wildman–Crippen LogP) is 14.3. The number of hydrogen-bond donors (Lipinski definition) is 6. The van der Waals surface area contributed by atoms with E-state index in [1.54, 1.807) is 12.2 Å². The van der Waals surface area contributed by atoms with Gasteiger partial charge in [-0.05, 0) is 161 Å². The quantitative estimate of drug-likeness (QED) is 0.0493. The van der Waals surface area contributed by atoms with Crippen LogP contribution in [0.15, 0.2) is 87.0 Å². The van der Waals surface area contributed by atoms with Gasteiger partial charge in [-0.3, -0.25) is 19.2 Å². The third kappa shape index (κ3) is 12.3. The maximum Gasteiger partial charge on any atom is 2.00 e. The Bertz CT molecular complexity index is 4400. The van der Waals surface area contributed by atoms with E-state index in [1.807, 2.05) is 116 Å². The van der Waals surface area contributed by atoms with Crippen molar-refractivity contribution in [3.05, 3.63) is 177 Å². The van der Waals surface area contributed by atoms with Crippen LogP contribution >= 0.6 is 0 Å². The van der Waals surface area contributed by atoms with E-state index in [9.17, 15) is 39.6 Å². The number of hydrogen-bond acceptors (Lipinski definition) is 8. The number of aryl methyl sites for hydroxylation is 6. The number of rotatable bonds is 16. The number of H-pyrrole nitrogens is 2. The Hall–Kier alpha value is -9.44. The molecule has 0 radical (unpaired) electrons. The van der Waals surface area contributed by atoms with Gasteiger partial charge in [0.05, 0.1) is 45.6 Å². The summed E-state index contributed by atoms with van der Waals surface area (Å²) in [7, 11) is 0. The molecule has 16 nitrogen and oxygen atoms in total. The van der Waals surface area contributed by atoms with Crippen molar-refractivity contribution in [1.82, 2.24) is 39.9 Å². The van der Waals surface area contributed by atoms with Crippen molar-refractivity contribution in [2.24, 2.45) is 0 Å². The molecule has 0 saturated carbocycles. The van der Waals surface area contributed by atoms with Crippen molar-refractivity contribution in [2.75, 3.05) is 0 Å². The van der Waals surface area contributed by atoms with E-state index in [2.05, 4.69) is 36.3 Å². The van der Waals surface area contributed by atoms with Gasteiger partial charge >= 0.3 is 40.9 Å². The summed E-state index contributed by atoms with van der Waals surface area (Å²) < 4.78 is 0. The van der Waals surface area contributed by atoms with E-state index in [4.69, 9.17) is 29.9 Å². The molecule has 0 aromatic carbocycles. The fraction of sp³-hybridized carbons (Fsp3) is 0.235. The average Bonchev–Trinajstić information content (AvgIpc) is 2.96. The molecule has 434 valence electrons. The SMILES string of the molecule is C=CC1=C(C)c2cc3[n-]c(cc4nc(cc5[n-]c(cc1n2)c(C)c5C=C)C(C)=C4CCC(=O)O)c(CCC(=O)O)c3C.C=CC1=C(C)c2cc3nc(cc4[nH]c(cc5[nH]c(cc1n2)c(C)c5C=C)c(C)c4CCC(=O)O)C(CCC(=O)O)=C3C.[Fe+2]. The Morgan fingerprint density at radius 2 is 0.800 bits per heavy atom. The van der Waals surface area contributed by atoms with Crippen LogP contribution in [0.5, 0.6) is 0 Å². The van der Waals surface area contributed by atoms with Crippen LogP contribution in [0.1, 0.15) is 156 Å². The summed E-state index contributed by atoms with van der Waals surface area (Å²) in [5.41, 5.74) is 26.3. The van der Waals surface area contributed by atoms with Crippen molar-refractivity contribution >= 4 is 125 Å². The van der Waals surface area contributed by atoms with Gasteiger partial charge in [-0.2, -0.15) is 0 Å². The van der Waals surface area contributed by atoms with Crippen LogP contribution < -0.4 is 9.97 Å². The largest absolute Gasteiger partial charge is 2.00 e. The Kier molecular flexibility index (Phi) is 18.3. The minimum Gasteiger partial charge on any atom is -0.657 e. The summed E-state index contributed by atoms with van der Waals surface area (Å²) in [6.07, 6.45) is 8.28. The van der Waals surface area contributed by atoms with E-state index in [0.29, 0.717) is 65.0 Å². The molecule has 4 aliphatic rings. The molecule has 0 aliphatic carbocycles. The average molecular weight is 1180 g/mol. The Morgan fingerprint density at radius 1 is 0.400 bits per heavy atom. The first-order valence-electron chi connectivity index (χ1n) is 27.6. The summed E-state index contributed by atoms with van der Waals surface area (Å²) >= 11 is 0. The van der Waals surface area contributed by atoms with Gasteiger partial charge in [0.25, 0.3) is 0 Å². The summed E-state index contributed by atoms with van der Waals surface area (Å²) in [5, 5.41) is 37.8. The molecular formula is C68H66FeN8O8. The molecule has 16 bridgehead atoms. The molecule has 10 rings (SSSR count). The number of aromatic amines is 2. The predicted molar refractivity (Wildman–Crippen MR) is 335 cm³/mol. The Morgan fingerprint density at radius 3 is 1.35 bits per heavy atom. The number of carboxylic acid groups (broad SMARTS) is 4. The summed E-state index contributed by atoms with van der Waals surface area (Å²) in [6.45, 7) is 31.9. The molecule has 4 aliphatic heterocycles. The van der Waals surface area contributed by atoms with Crippen molar-refractivity contribution < 1.29 is 56.7 Å².